The van der Waals surface area contributed by atoms with Crippen molar-refractivity contribution in [1.82, 2.24) is 9.55 Å². The highest BCUT2D eigenvalue weighted by molar-refractivity contribution is 7.71. The van der Waals surface area contributed by atoms with E-state index < -0.39 is 46.8 Å². The van der Waals surface area contributed by atoms with Crippen LogP contribution in [-0.4, -0.2) is 49.3 Å². The van der Waals surface area contributed by atoms with Gasteiger partial charge in [0.25, 0.3) is 0 Å². The number of aromatic amines is 1. The Morgan fingerprint density at radius 2 is 2.30 bits per heavy atom. The van der Waals surface area contributed by atoms with Gasteiger partial charge in [-0.3, -0.25) is 9.55 Å². The van der Waals surface area contributed by atoms with Gasteiger partial charge in [0, 0.05) is 0 Å². The monoisotopic (exact) mass is 302 g/mol. The van der Waals surface area contributed by atoms with Gasteiger partial charge in [-0.05, 0) is 0 Å². The molecule has 4 atom stereocenters. The molecule has 1 unspecified atom stereocenters. The number of hydrogen-bond donors (Lipinski definition) is 4. The molecule has 108 valence electrons. The topological polar surface area (TPSA) is 108 Å². The lowest BCUT2D eigenvalue weighted by Gasteiger charge is -2.23. The van der Waals surface area contributed by atoms with E-state index in [1.807, 2.05) is 10.9 Å². The van der Waals surface area contributed by atoms with Crippen molar-refractivity contribution in [3.8, 4) is 12.3 Å². The summed E-state index contributed by atoms with van der Waals surface area (Å²) in [7, 11) is 0. The molecule has 0 aromatic carbocycles. The Morgan fingerprint density at radius 3 is 2.80 bits per heavy atom. The van der Waals surface area contributed by atoms with Gasteiger partial charge in [-0.2, -0.15) is 0 Å². The highest BCUT2D eigenvalue weighted by Gasteiger charge is 2.54. The zero-order valence-electron chi connectivity index (χ0n) is 9.99. The van der Waals surface area contributed by atoms with Crippen LogP contribution in [0.25, 0.3) is 0 Å². The Labute approximate surface area is 117 Å². The van der Waals surface area contributed by atoms with Gasteiger partial charge < -0.3 is 20.1 Å². The van der Waals surface area contributed by atoms with Crippen molar-refractivity contribution >= 4 is 12.2 Å². The third kappa shape index (κ3) is 2.07. The first kappa shape index (κ1) is 14.8. The molecule has 1 aromatic heterocycles. The maximum atomic E-state index is 13.4. The van der Waals surface area contributed by atoms with Crippen molar-refractivity contribution in [2.24, 2.45) is 0 Å². The van der Waals surface area contributed by atoms with E-state index in [1.165, 1.54) is 0 Å². The number of rotatable bonds is 2. The summed E-state index contributed by atoms with van der Waals surface area (Å²) in [6.45, 7) is -0.779. The van der Waals surface area contributed by atoms with Crippen LogP contribution in [0.1, 0.15) is 6.23 Å². The van der Waals surface area contributed by atoms with E-state index in [4.69, 9.17) is 11.2 Å². The number of terminal acetylenes is 1. The third-order valence-corrected chi connectivity index (χ3v) is 3.40. The summed E-state index contributed by atoms with van der Waals surface area (Å²) in [6.07, 6.45) is 1.18. The van der Waals surface area contributed by atoms with Crippen molar-refractivity contribution in [1.29, 1.82) is 0 Å². The van der Waals surface area contributed by atoms with E-state index >= 15 is 0 Å². The van der Waals surface area contributed by atoms with Gasteiger partial charge in [0.05, 0.1) is 12.8 Å². The second kappa shape index (κ2) is 5.08. The number of halogens is 1. The molecule has 2 rings (SSSR count). The molecular formula is C11H11FN2O5S. The van der Waals surface area contributed by atoms with Crippen LogP contribution in [0.2, 0.25) is 0 Å². The molecule has 9 heteroatoms. The molecule has 4 N–H and O–H groups in total. The van der Waals surface area contributed by atoms with E-state index in [0.29, 0.717) is 4.57 Å². The van der Waals surface area contributed by atoms with Crippen LogP contribution in [0.3, 0.4) is 0 Å². The van der Waals surface area contributed by atoms with Gasteiger partial charge in [0.2, 0.25) is 0 Å². The fraction of sp³-hybridized carbons (Fsp3) is 0.455. The van der Waals surface area contributed by atoms with Crippen LogP contribution >= 0.6 is 12.2 Å². The first-order valence-electron chi connectivity index (χ1n) is 5.50. The van der Waals surface area contributed by atoms with Crippen LogP contribution in [0, 0.1) is 22.8 Å². The fourth-order valence-corrected chi connectivity index (χ4v) is 2.09. The molecule has 2 heterocycles. The molecule has 0 amide bonds. The quantitative estimate of drug-likeness (QED) is 0.398. The van der Waals surface area contributed by atoms with Crippen LogP contribution < -0.4 is 5.69 Å². The summed E-state index contributed by atoms with van der Waals surface area (Å²) < 4.78 is 18.9. The minimum Gasteiger partial charge on any atom is -0.392 e. The maximum Gasteiger partial charge on any atom is 0.328 e. The standard InChI is InChI=1S/C11H11FN2O5S/c1-2-11(4-15)7(17)6(16)9(19-11)14-3-5(12)8(20)13-10(14)18/h1,3,6-7,9,15-17H,4H2,(H,13,18,20)/t6?,7-,9-,11-/m1/s1. The van der Waals surface area contributed by atoms with Crippen molar-refractivity contribution in [2.45, 2.75) is 24.0 Å². The number of aliphatic hydroxyl groups is 3. The van der Waals surface area contributed by atoms with Crippen molar-refractivity contribution in [3.63, 3.8) is 0 Å². The first-order chi connectivity index (χ1) is 9.36. The van der Waals surface area contributed by atoms with Gasteiger partial charge in [0.1, 0.15) is 16.8 Å². The van der Waals surface area contributed by atoms with Gasteiger partial charge in [-0.25, -0.2) is 9.18 Å². The average molecular weight is 302 g/mol. The van der Waals surface area contributed by atoms with Crippen LogP contribution in [-0.2, 0) is 4.74 Å². The summed E-state index contributed by atoms with van der Waals surface area (Å²) in [5.74, 6) is 1.12. The van der Waals surface area contributed by atoms with E-state index in [2.05, 4.69) is 12.2 Å². The Balaban J connectivity index is 2.51. The smallest absolute Gasteiger partial charge is 0.328 e. The molecule has 0 radical (unpaired) electrons. The number of aromatic nitrogens is 2. The van der Waals surface area contributed by atoms with Crippen LogP contribution in [0.4, 0.5) is 4.39 Å². The molecule has 1 aromatic rings. The molecule has 0 spiro atoms. The molecule has 7 nitrogen and oxygen atoms in total. The lowest BCUT2D eigenvalue weighted by atomic mass is 9.97. The number of ether oxygens (including phenoxy) is 1. The average Bonchev–Trinajstić information content (AvgIpc) is 2.68. The molecular weight excluding hydrogens is 291 g/mol. The number of nitrogens with zero attached hydrogens (tertiary/aromatic N) is 1. The minimum absolute atomic E-state index is 0.398. The Hall–Kier alpha value is -1.57. The molecule has 0 saturated carbocycles. The predicted octanol–water partition coefficient (Wildman–Crippen LogP) is -1.34. The predicted molar refractivity (Wildman–Crippen MR) is 66.6 cm³/mol. The SMILES string of the molecule is C#C[C@]1(CO)O[C@@H](n2cc(F)c(=S)[nH]c2=O)C(O)[C@H]1O. The molecule has 1 aliphatic rings. The lowest BCUT2D eigenvalue weighted by molar-refractivity contribution is -0.0938. The van der Waals surface area contributed by atoms with E-state index in [0.717, 1.165) is 6.20 Å². The molecule has 1 saturated heterocycles. The highest BCUT2D eigenvalue weighted by Crippen LogP contribution is 2.35. The van der Waals surface area contributed by atoms with E-state index in [9.17, 15) is 24.5 Å². The minimum atomic E-state index is -1.87. The largest absolute Gasteiger partial charge is 0.392 e. The van der Waals surface area contributed by atoms with Crippen molar-refractivity contribution < 1.29 is 24.4 Å². The fourth-order valence-electron chi connectivity index (χ4n) is 1.95. The molecule has 0 aliphatic carbocycles. The molecule has 20 heavy (non-hydrogen) atoms. The molecule has 1 fully saturated rings. The van der Waals surface area contributed by atoms with Gasteiger partial charge in [-0.15, -0.1) is 6.42 Å². The second-order valence-corrected chi connectivity index (χ2v) is 4.69. The van der Waals surface area contributed by atoms with E-state index in [-0.39, 0.29) is 0 Å². The number of H-pyrrole nitrogens is 1. The number of nitrogens with one attached hydrogen (secondary N) is 1. The lowest BCUT2D eigenvalue weighted by Crippen LogP contribution is -2.45. The van der Waals surface area contributed by atoms with E-state index in [1.54, 1.807) is 0 Å². The summed E-state index contributed by atoms with van der Waals surface area (Å²) in [5, 5.41) is 28.9. The summed E-state index contributed by atoms with van der Waals surface area (Å²) in [6, 6.07) is 0. The van der Waals surface area contributed by atoms with Gasteiger partial charge in [0.15, 0.2) is 17.6 Å². The third-order valence-electron chi connectivity index (χ3n) is 3.10. The highest BCUT2D eigenvalue weighted by atomic mass is 32.1. The second-order valence-electron chi connectivity index (χ2n) is 4.28. The molecule has 1 aliphatic heterocycles. The summed E-state index contributed by atoms with van der Waals surface area (Å²) in [4.78, 5) is 13.7. The zero-order valence-corrected chi connectivity index (χ0v) is 10.8. The van der Waals surface area contributed by atoms with Crippen LogP contribution in [0.15, 0.2) is 11.0 Å². The zero-order chi connectivity index (χ0) is 15.1. The normalized spacial score (nSPS) is 33.0. The first-order valence-corrected chi connectivity index (χ1v) is 5.90. The maximum absolute atomic E-state index is 13.4. The molecule has 0 bridgehead atoms. The summed E-state index contributed by atoms with van der Waals surface area (Å²) in [5.41, 5.74) is -2.72. The number of aliphatic hydroxyl groups excluding tert-OH is 3. The Morgan fingerprint density at radius 1 is 1.65 bits per heavy atom. The van der Waals surface area contributed by atoms with Gasteiger partial charge >= 0.3 is 5.69 Å². The Bertz CT molecular complexity index is 681. The number of hydrogen-bond acceptors (Lipinski definition) is 6. The summed E-state index contributed by atoms with van der Waals surface area (Å²) >= 11 is 4.55. The Kier molecular flexibility index (Phi) is 3.77. The van der Waals surface area contributed by atoms with Crippen LogP contribution in [0.5, 0.6) is 0 Å². The van der Waals surface area contributed by atoms with Crippen molar-refractivity contribution in [2.75, 3.05) is 6.61 Å². The van der Waals surface area contributed by atoms with Crippen molar-refractivity contribution in [3.05, 3.63) is 27.1 Å². The van der Waals surface area contributed by atoms with Gasteiger partial charge in [-0.1, -0.05) is 18.1 Å².